The summed E-state index contributed by atoms with van der Waals surface area (Å²) in [5.74, 6) is -3.99. The Labute approximate surface area is 162 Å². The predicted molar refractivity (Wildman–Crippen MR) is 97.8 cm³/mol. The number of halogens is 3. The molecule has 0 bridgehead atoms. The van der Waals surface area contributed by atoms with Gasteiger partial charge in [-0.15, -0.1) is 0 Å². The lowest BCUT2D eigenvalue weighted by atomic mass is 10.2. The molecule has 1 saturated heterocycles. The Bertz CT molecular complexity index is 957. The summed E-state index contributed by atoms with van der Waals surface area (Å²) in [4.78, 5) is 37.4. The van der Waals surface area contributed by atoms with Crippen LogP contribution in [0.4, 0.5) is 18.0 Å². The average molecular weight is 406 g/mol. The third-order valence-electron chi connectivity index (χ3n) is 3.85. The topological polar surface area (TPSA) is 66.5 Å². The minimum Gasteiger partial charge on any atom is -0.350 e. The van der Waals surface area contributed by atoms with E-state index in [9.17, 15) is 27.6 Å². The van der Waals surface area contributed by atoms with E-state index in [4.69, 9.17) is 0 Å². The number of rotatable bonds is 5. The van der Waals surface area contributed by atoms with Crippen molar-refractivity contribution in [3.8, 4) is 0 Å². The van der Waals surface area contributed by atoms with Gasteiger partial charge in [0.1, 0.15) is 23.0 Å². The molecule has 0 saturated carbocycles. The maximum absolute atomic E-state index is 13.6. The van der Waals surface area contributed by atoms with E-state index in [0.29, 0.717) is 17.3 Å². The molecule has 1 heterocycles. The monoisotopic (exact) mass is 406 g/mol. The minimum absolute atomic E-state index is 0.156. The normalized spacial score (nSPS) is 15.4. The van der Waals surface area contributed by atoms with Crippen molar-refractivity contribution in [3.05, 3.63) is 75.9 Å². The summed E-state index contributed by atoms with van der Waals surface area (Å²) in [5, 5.41) is 1.75. The van der Waals surface area contributed by atoms with Crippen molar-refractivity contribution in [3.63, 3.8) is 0 Å². The number of benzene rings is 2. The summed E-state index contributed by atoms with van der Waals surface area (Å²) in [7, 11) is 0. The van der Waals surface area contributed by atoms with E-state index in [-0.39, 0.29) is 18.0 Å². The number of imide groups is 1. The van der Waals surface area contributed by atoms with Gasteiger partial charge in [0.2, 0.25) is 0 Å². The number of carbonyl (C=O) groups is 3. The first-order valence-electron chi connectivity index (χ1n) is 8.10. The second kappa shape index (κ2) is 8.30. The molecule has 5 nitrogen and oxygen atoms in total. The first-order chi connectivity index (χ1) is 13.4. The Kier molecular flexibility index (Phi) is 5.84. The van der Waals surface area contributed by atoms with Gasteiger partial charge in [-0.1, -0.05) is 18.2 Å². The molecule has 1 N–H and O–H groups in total. The van der Waals surface area contributed by atoms with Gasteiger partial charge in [-0.2, -0.15) is 0 Å². The second-order valence-corrected chi connectivity index (χ2v) is 6.73. The van der Waals surface area contributed by atoms with Gasteiger partial charge in [0, 0.05) is 13.1 Å². The molecule has 0 aliphatic carbocycles. The Morgan fingerprint density at radius 3 is 2.32 bits per heavy atom. The maximum atomic E-state index is 13.6. The van der Waals surface area contributed by atoms with Crippen molar-refractivity contribution >= 4 is 34.9 Å². The van der Waals surface area contributed by atoms with Crippen molar-refractivity contribution in [1.82, 2.24) is 10.2 Å². The number of amides is 3. The molecule has 144 valence electrons. The second-order valence-electron chi connectivity index (χ2n) is 5.74. The molecule has 0 unspecified atom stereocenters. The standard InChI is InChI=1S/C19H13F3N2O3S/c20-12-6-4-11(5-7-12)10-15-18(26)24(19(27)28-15)9-8-23-17(25)16-13(21)2-1-3-14(16)22/h1-7,10H,8-9H2,(H,23,25)/b15-10-. The zero-order valence-corrected chi connectivity index (χ0v) is 15.1. The quantitative estimate of drug-likeness (QED) is 0.771. The molecule has 0 spiro atoms. The number of nitrogens with zero attached hydrogens (tertiary/aromatic N) is 1. The maximum Gasteiger partial charge on any atom is 0.293 e. The first kappa shape index (κ1) is 19.7. The fourth-order valence-electron chi connectivity index (χ4n) is 2.49. The molecular weight excluding hydrogens is 393 g/mol. The molecule has 28 heavy (non-hydrogen) atoms. The zero-order valence-electron chi connectivity index (χ0n) is 14.2. The molecule has 1 fully saturated rings. The number of hydrogen-bond acceptors (Lipinski definition) is 4. The van der Waals surface area contributed by atoms with Crippen molar-refractivity contribution in [2.45, 2.75) is 0 Å². The van der Waals surface area contributed by atoms with E-state index in [1.54, 1.807) is 0 Å². The lowest BCUT2D eigenvalue weighted by molar-refractivity contribution is -0.122. The van der Waals surface area contributed by atoms with Gasteiger partial charge in [0.15, 0.2) is 0 Å². The van der Waals surface area contributed by atoms with E-state index in [1.165, 1.54) is 30.3 Å². The molecule has 9 heteroatoms. The van der Waals surface area contributed by atoms with Gasteiger partial charge in [-0.25, -0.2) is 13.2 Å². The molecule has 3 rings (SSSR count). The van der Waals surface area contributed by atoms with Gasteiger partial charge in [-0.3, -0.25) is 19.3 Å². The van der Waals surface area contributed by atoms with E-state index < -0.39 is 40.1 Å². The van der Waals surface area contributed by atoms with E-state index in [1.807, 2.05) is 0 Å². The Morgan fingerprint density at radius 2 is 1.68 bits per heavy atom. The van der Waals surface area contributed by atoms with E-state index in [0.717, 1.165) is 23.1 Å². The zero-order chi connectivity index (χ0) is 20.3. The van der Waals surface area contributed by atoms with Gasteiger partial charge in [0.25, 0.3) is 17.1 Å². The van der Waals surface area contributed by atoms with Crippen molar-refractivity contribution in [2.24, 2.45) is 0 Å². The van der Waals surface area contributed by atoms with Crippen molar-refractivity contribution < 1.29 is 27.6 Å². The molecule has 0 atom stereocenters. The Hall–Kier alpha value is -3.07. The molecular formula is C19H13F3N2O3S. The van der Waals surface area contributed by atoms with E-state index >= 15 is 0 Å². The fourth-order valence-corrected chi connectivity index (χ4v) is 3.35. The smallest absolute Gasteiger partial charge is 0.293 e. The van der Waals surface area contributed by atoms with Crippen LogP contribution >= 0.6 is 11.8 Å². The highest BCUT2D eigenvalue weighted by atomic mass is 32.2. The largest absolute Gasteiger partial charge is 0.350 e. The SMILES string of the molecule is O=C(NCCN1C(=O)S/C(=C\c2ccc(F)cc2)C1=O)c1c(F)cccc1F. The van der Waals surface area contributed by atoms with Gasteiger partial charge >= 0.3 is 0 Å². The van der Waals surface area contributed by atoms with Crippen LogP contribution < -0.4 is 5.32 Å². The molecule has 2 aromatic carbocycles. The van der Waals surface area contributed by atoms with Crippen LogP contribution in [-0.4, -0.2) is 35.0 Å². The number of carbonyl (C=O) groups excluding carboxylic acids is 3. The van der Waals surface area contributed by atoms with Crippen LogP contribution in [0.25, 0.3) is 6.08 Å². The van der Waals surface area contributed by atoms with Gasteiger partial charge in [-0.05, 0) is 47.7 Å². The number of thioether (sulfide) groups is 1. The minimum atomic E-state index is -1.01. The predicted octanol–water partition coefficient (Wildman–Crippen LogP) is 3.57. The first-order valence-corrected chi connectivity index (χ1v) is 8.91. The lowest BCUT2D eigenvalue weighted by Crippen LogP contribution is -2.37. The molecule has 0 radical (unpaired) electrons. The molecule has 1 aliphatic rings. The van der Waals surface area contributed by atoms with Crippen LogP contribution in [0, 0.1) is 17.5 Å². The molecule has 3 amide bonds. The van der Waals surface area contributed by atoms with Crippen LogP contribution in [0.15, 0.2) is 47.4 Å². The summed E-state index contributed by atoms with van der Waals surface area (Å²) in [6.45, 7) is -0.332. The third kappa shape index (κ3) is 4.25. The summed E-state index contributed by atoms with van der Waals surface area (Å²) >= 11 is 0.713. The third-order valence-corrected chi connectivity index (χ3v) is 4.76. The van der Waals surface area contributed by atoms with Crippen molar-refractivity contribution in [1.29, 1.82) is 0 Å². The van der Waals surface area contributed by atoms with Crippen LogP contribution in [-0.2, 0) is 4.79 Å². The summed E-state index contributed by atoms with van der Waals surface area (Å²) < 4.78 is 40.1. The lowest BCUT2D eigenvalue weighted by Gasteiger charge is -2.13. The summed E-state index contributed by atoms with van der Waals surface area (Å²) in [6.07, 6.45) is 1.46. The summed E-state index contributed by atoms with van der Waals surface area (Å²) in [5.41, 5.74) is -0.178. The van der Waals surface area contributed by atoms with E-state index in [2.05, 4.69) is 5.32 Å². The average Bonchev–Trinajstić information content (AvgIpc) is 2.91. The highest BCUT2D eigenvalue weighted by molar-refractivity contribution is 8.18. The summed E-state index contributed by atoms with van der Waals surface area (Å²) in [6, 6.07) is 8.43. The van der Waals surface area contributed by atoms with Crippen LogP contribution in [0.1, 0.15) is 15.9 Å². The van der Waals surface area contributed by atoms with Crippen LogP contribution in [0.2, 0.25) is 0 Å². The van der Waals surface area contributed by atoms with Crippen molar-refractivity contribution in [2.75, 3.05) is 13.1 Å². The molecule has 0 aromatic heterocycles. The molecule has 2 aromatic rings. The fraction of sp³-hybridized carbons (Fsp3) is 0.105. The highest BCUT2D eigenvalue weighted by Gasteiger charge is 2.34. The van der Waals surface area contributed by atoms with Gasteiger partial charge in [0.05, 0.1) is 4.91 Å². The van der Waals surface area contributed by atoms with Crippen LogP contribution in [0.3, 0.4) is 0 Å². The Balaban J connectivity index is 1.62. The van der Waals surface area contributed by atoms with Crippen LogP contribution in [0.5, 0.6) is 0 Å². The highest BCUT2D eigenvalue weighted by Crippen LogP contribution is 2.31. The van der Waals surface area contributed by atoms with Gasteiger partial charge < -0.3 is 5.32 Å². The Morgan fingerprint density at radius 1 is 1.04 bits per heavy atom. The number of nitrogens with one attached hydrogen (secondary N) is 1. The number of hydrogen-bond donors (Lipinski definition) is 1. The molecule has 1 aliphatic heterocycles.